The van der Waals surface area contributed by atoms with Crippen molar-refractivity contribution in [1.82, 2.24) is 0 Å². The molecule has 0 saturated carbocycles. The number of benzene rings is 1. The maximum atomic E-state index is 5.77. The van der Waals surface area contributed by atoms with Crippen molar-refractivity contribution in [2.75, 3.05) is 33.0 Å². The minimum Gasteiger partial charge on any atom is -0.491 e. The lowest BCUT2D eigenvalue weighted by atomic mass is 10.0. The van der Waals surface area contributed by atoms with Crippen LogP contribution in [0.3, 0.4) is 0 Å². The van der Waals surface area contributed by atoms with Crippen LogP contribution in [-0.4, -0.2) is 33.0 Å². The van der Waals surface area contributed by atoms with Crippen LogP contribution in [-0.2, 0) is 15.9 Å². The fourth-order valence-corrected chi connectivity index (χ4v) is 2.58. The van der Waals surface area contributed by atoms with E-state index in [0.29, 0.717) is 26.4 Å². The third-order valence-corrected chi connectivity index (χ3v) is 3.93. The van der Waals surface area contributed by atoms with E-state index in [-0.39, 0.29) is 0 Å². The molecule has 1 aromatic carbocycles. The van der Waals surface area contributed by atoms with E-state index in [0.717, 1.165) is 25.2 Å². The van der Waals surface area contributed by atoms with Gasteiger partial charge in [-0.05, 0) is 37.0 Å². The molecular formula is C21H36O3. The molecule has 0 radical (unpaired) electrons. The zero-order chi connectivity index (χ0) is 17.3. The van der Waals surface area contributed by atoms with Gasteiger partial charge in [-0.2, -0.15) is 0 Å². The molecule has 0 bridgehead atoms. The highest BCUT2D eigenvalue weighted by Gasteiger charge is 1.98. The molecule has 0 heterocycles. The minimum atomic E-state index is 0.592. The number of hydrogen-bond donors (Lipinski definition) is 0. The number of rotatable bonds is 16. The smallest absolute Gasteiger partial charge is 0.119 e. The van der Waals surface area contributed by atoms with Crippen molar-refractivity contribution >= 4 is 0 Å². The topological polar surface area (TPSA) is 27.7 Å². The van der Waals surface area contributed by atoms with Crippen LogP contribution in [0.4, 0.5) is 0 Å². The molecule has 1 rings (SSSR count). The van der Waals surface area contributed by atoms with Crippen molar-refractivity contribution in [2.45, 2.75) is 65.2 Å². The summed E-state index contributed by atoms with van der Waals surface area (Å²) in [6, 6.07) is 8.47. The summed E-state index contributed by atoms with van der Waals surface area (Å²) in [4.78, 5) is 0. The summed E-state index contributed by atoms with van der Waals surface area (Å²) < 4.78 is 16.6. The largest absolute Gasteiger partial charge is 0.491 e. The first-order valence-electron chi connectivity index (χ1n) is 9.74. The van der Waals surface area contributed by atoms with Crippen molar-refractivity contribution in [3.8, 4) is 5.75 Å². The van der Waals surface area contributed by atoms with E-state index in [2.05, 4.69) is 32.0 Å². The van der Waals surface area contributed by atoms with Gasteiger partial charge in [-0.25, -0.2) is 0 Å². The lowest BCUT2D eigenvalue weighted by Crippen LogP contribution is -2.11. The minimum absolute atomic E-state index is 0.592. The summed E-state index contributed by atoms with van der Waals surface area (Å²) in [7, 11) is 0. The van der Waals surface area contributed by atoms with E-state index in [1.165, 1.54) is 44.1 Å². The van der Waals surface area contributed by atoms with Crippen LogP contribution in [0, 0.1) is 0 Å². The fourth-order valence-electron chi connectivity index (χ4n) is 2.58. The molecule has 0 aromatic heterocycles. The summed E-state index contributed by atoms with van der Waals surface area (Å²) >= 11 is 0. The van der Waals surface area contributed by atoms with Crippen LogP contribution in [0.25, 0.3) is 0 Å². The third-order valence-electron chi connectivity index (χ3n) is 3.93. The Morgan fingerprint density at radius 2 is 1.42 bits per heavy atom. The molecule has 0 spiro atoms. The maximum absolute atomic E-state index is 5.77. The van der Waals surface area contributed by atoms with Crippen LogP contribution in [0.1, 0.15) is 64.4 Å². The monoisotopic (exact) mass is 336 g/mol. The van der Waals surface area contributed by atoms with Crippen molar-refractivity contribution in [3.63, 3.8) is 0 Å². The molecule has 0 fully saturated rings. The van der Waals surface area contributed by atoms with Crippen molar-refractivity contribution in [3.05, 3.63) is 29.8 Å². The van der Waals surface area contributed by atoms with Gasteiger partial charge in [0.05, 0.1) is 19.8 Å². The first-order valence-corrected chi connectivity index (χ1v) is 9.74. The second-order valence-corrected chi connectivity index (χ2v) is 6.24. The molecule has 0 N–H and O–H groups in total. The van der Waals surface area contributed by atoms with Gasteiger partial charge in [0, 0.05) is 6.61 Å². The predicted molar refractivity (Wildman–Crippen MR) is 101 cm³/mol. The van der Waals surface area contributed by atoms with Crippen LogP contribution in [0.5, 0.6) is 5.75 Å². The Hall–Kier alpha value is -1.06. The molecule has 3 heteroatoms. The summed E-state index contributed by atoms with van der Waals surface area (Å²) in [6.45, 7) is 7.69. The van der Waals surface area contributed by atoms with Gasteiger partial charge in [0.1, 0.15) is 12.4 Å². The lowest BCUT2D eigenvalue weighted by molar-refractivity contribution is 0.0366. The molecule has 0 aliphatic rings. The average molecular weight is 337 g/mol. The highest BCUT2D eigenvalue weighted by molar-refractivity contribution is 5.28. The van der Waals surface area contributed by atoms with Gasteiger partial charge in [0.25, 0.3) is 0 Å². The van der Waals surface area contributed by atoms with E-state index in [9.17, 15) is 0 Å². The standard InChI is InChI=1S/C21H36O3/c1-3-5-6-7-8-9-11-20-12-10-13-21(19-20)24-18-17-23-16-15-22-14-4-2/h10,12-13,19H,3-9,11,14-18H2,1-2H3. The van der Waals surface area contributed by atoms with Crippen LogP contribution in [0.2, 0.25) is 0 Å². The number of hydrogen-bond acceptors (Lipinski definition) is 3. The second kappa shape index (κ2) is 15.5. The van der Waals surface area contributed by atoms with Gasteiger partial charge >= 0.3 is 0 Å². The van der Waals surface area contributed by atoms with Gasteiger partial charge in [0.2, 0.25) is 0 Å². The number of unbranched alkanes of at least 4 members (excludes halogenated alkanes) is 5. The maximum Gasteiger partial charge on any atom is 0.119 e. The summed E-state index contributed by atoms with van der Waals surface area (Å²) in [5.74, 6) is 0.948. The highest BCUT2D eigenvalue weighted by Crippen LogP contribution is 2.16. The molecule has 1 aromatic rings. The number of aryl methyl sites for hydroxylation is 1. The van der Waals surface area contributed by atoms with E-state index in [1.54, 1.807) is 0 Å². The first kappa shape index (κ1) is 21.0. The van der Waals surface area contributed by atoms with Crippen molar-refractivity contribution < 1.29 is 14.2 Å². The van der Waals surface area contributed by atoms with Crippen LogP contribution < -0.4 is 4.74 Å². The molecule has 0 aliphatic carbocycles. The quantitative estimate of drug-likeness (QED) is 0.378. The Bertz CT molecular complexity index is 392. The molecule has 0 atom stereocenters. The van der Waals surface area contributed by atoms with Gasteiger partial charge in [-0.1, -0.05) is 58.1 Å². The normalized spacial score (nSPS) is 10.9. The Morgan fingerprint density at radius 1 is 0.708 bits per heavy atom. The van der Waals surface area contributed by atoms with Crippen molar-refractivity contribution in [2.24, 2.45) is 0 Å². The SMILES string of the molecule is CCCCCCCCc1cccc(OCCOCCOCCC)c1. The second-order valence-electron chi connectivity index (χ2n) is 6.24. The fraction of sp³-hybridized carbons (Fsp3) is 0.714. The Labute approximate surface area is 148 Å². The molecule has 0 aliphatic heterocycles. The van der Waals surface area contributed by atoms with Gasteiger partial charge < -0.3 is 14.2 Å². The van der Waals surface area contributed by atoms with E-state index >= 15 is 0 Å². The summed E-state index contributed by atoms with van der Waals surface area (Å²) in [5, 5.41) is 0. The first-order chi connectivity index (χ1) is 11.9. The molecular weight excluding hydrogens is 300 g/mol. The third kappa shape index (κ3) is 11.5. The average Bonchev–Trinajstić information content (AvgIpc) is 2.61. The molecule has 138 valence electrons. The molecule has 24 heavy (non-hydrogen) atoms. The zero-order valence-corrected chi connectivity index (χ0v) is 15.7. The van der Waals surface area contributed by atoms with Crippen molar-refractivity contribution in [1.29, 1.82) is 0 Å². The van der Waals surface area contributed by atoms with Gasteiger partial charge in [-0.15, -0.1) is 0 Å². The van der Waals surface area contributed by atoms with E-state index < -0.39 is 0 Å². The molecule has 0 amide bonds. The molecule has 0 saturated heterocycles. The van der Waals surface area contributed by atoms with E-state index in [4.69, 9.17) is 14.2 Å². The van der Waals surface area contributed by atoms with Gasteiger partial charge in [-0.3, -0.25) is 0 Å². The summed E-state index contributed by atoms with van der Waals surface area (Å²) in [5.41, 5.74) is 1.37. The number of ether oxygens (including phenoxy) is 3. The van der Waals surface area contributed by atoms with E-state index in [1.807, 2.05) is 6.07 Å². The van der Waals surface area contributed by atoms with Crippen LogP contribution in [0.15, 0.2) is 24.3 Å². The zero-order valence-electron chi connectivity index (χ0n) is 15.7. The lowest BCUT2D eigenvalue weighted by Gasteiger charge is -2.09. The van der Waals surface area contributed by atoms with Crippen LogP contribution >= 0.6 is 0 Å². The molecule has 0 unspecified atom stereocenters. The summed E-state index contributed by atoms with van der Waals surface area (Å²) in [6.07, 6.45) is 10.2. The predicted octanol–water partition coefficient (Wildman–Crippen LogP) is 5.41. The Balaban J connectivity index is 2.07. The molecule has 3 nitrogen and oxygen atoms in total. The Kier molecular flexibility index (Phi) is 13.5. The Morgan fingerprint density at radius 3 is 2.21 bits per heavy atom. The highest BCUT2D eigenvalue weighted by atomic mass is 16.5. The van der Waals surface area contributed by atoms with Gasteiger partial charge in [0.15, 0.2) is 0 Å².